The molecule has 0 fully saturated rings. The van der Waals surface area contributed by atoms with Gasteiger partial charge < -0.3 is 5.11 Å². The zero-order valence-electron chi connectivity index (χ0n) is 7.74. The van der Waals surface area contributed by atoms with Crippen molar-refractivity contribution in [2.24, 2.45) is 0 Å². The fraction of sp³-hybridized carbons (Fsp3) is 0.200. The van der Waals surface area contributed by atoms with Gasteiger partial charge in [-0.3, -0.25) is 10.1 Å². The molecule has 0 bridgehead atoms. The topological polar surface area (TPSA) is 63.4 Å². The third-order valence-electron chi connectivity index (χ3n) is 1.62. The number of phenolic OH excluding ortho intramolecular Hbond substituents is 1. The summed E-state index contributed by atoms with van der Waals surface area (Å²) < 4.78 is 0. The van der Waals surface area contributed by atoms with Crippen molar-refractivity contribution in [3.63, 3.8) is 0 Å². The van der Waals surface area contributed by atoms with E-state index in [4.69, 9.17) is 0 Å². The second kappa shape index (κ2) is 5.37. The first-order chi connectivity index (χ1) is 7.15. The molecule has 0 aliphatic heterocycles. The van der Waals surface area contributed by atoms with Crippen LogP contribution in [0.3, 0.4) is 0 Å². The van der Waals surface area contributed by atoms with Crippen molar-refractivity contribution in [1.82, 2.24) is 0 Å². The van der Waals surface area contributed by atoms with Gasteiger partial charge in [0, 0.05) is 29.4 Å². The molecule has 0 radical (unpaired) electrons. The van der Waals surface area contributed by atoms with Gasteiger partial charge in [-0.25, -0.2) is 0 Å². The highest BCUT2D eigenvalue weighted by Crippen LogP contribution is 2.25. The third-order valence-corrected chi connectivity index (χ3v) is 2.02. The van der Waals surface area contributed by atoms with Gasteiger partial charge in [-0.1, -0.05) is 27.8 Å². The number of hydrogen-bond donors (Lipinski definition) is 1. The van der Waals surface area contributed by atoms with Crippen LogP contribution in [0, 0.1) is 22.0 Å². The maximum absolute atomic E-state index is 10.4. The van der Waals surface area contributed by atoms with Gasteiger partial charge in [0.2, 0.25) is 0 Å². The van der Waals surface area contributed by atoms with Crippen LogP contribution < -0.4 is 0 Å². The number of nitro benzene ring substituents is 1. The average Bonchev–Trinajstić information content (AvgIpc) is 2.17. The van der Waals surface area contributed by atoms with Crippen LogP contribution in [0.25, 0.3) is 0 Å². The Morgan fingerprint density at radius 3 is 2.80 bits per heavy atom. The minimum Gasteiger partial charge on any atom is -0.502 e. The molecule has 5 heteroatoms. The van der Waals surface area contributed by atoms with E-state index in [2.05, 4.69) is 27.8 Å². The summed E-state index contributed by atoms with van der Waals surface area (Å²) >= 11 is 3.23. The largest absolute Gasteiger partial charge is 0.502 e. The Labute approximate surface area is 95.2 Å². The van der Waals surface area contributed by atoms with Crippen LogP contribution in [0.4, 0.5) is 5.69 Å². The van der Waals surface area contributed by atoms with Crippen molar-refractivity contribution in [3.8, 4) is 17.6 Å². The molecule has 0 atom stereocenters. The lowest BCUT2D eigenvalue weighted by molar-refractivity contribution is -0.385. The quantitative estimate of drug-likeness (QED) is 0.388. The molecule has 1 aromatic rings. The van der Waals surface area contributed by atoms with E-state index in [1.165, 1.54) is 18.2 Å². The van der Waals surface area contributed by atoms with Crippen molar-refractivity contribution in [2.75, 3.05) is 5.33 Å². The molecule has 0 aliphatic rings. The number of benzene rings is 1. The summed E-state index contributed by atoms with van der Waals surface area (Å²) in [6.45, 7) is 0. The fourth-order valence-corrected chi connectivity index (χ4v) is 1.17. The van der Waals surface area contributed by atoms with Gasteiger partial charge in [0.25, 0.3) is 0 Å². The first-order valence-electron chi connectivity index (χ1n) is 4.17. The van der Waals surface area contributed by atoms with E-state index < -0.39 is 4.92 Å². The normalized spacial score (nSPS) is 9.13. The third kappa shape index (κ3) is 3.26. The number of phenols is 1. The number of hydrogen-bond acceptors (Lipinski definition) is 3. The van der Waals surface area contributed by atoms with E-state index in [0.29, 0.717) is 12.0 Å². The molecule has 0 spiro atoms. The van der Waals surface area contributed by atoms with Crippen molar-refractivity contribution < 1.29 is 10.0 Å². The number of rotatable bonds is 2. The molecule has 0 aliphatic carbocycles. The molecular weight excluding hydrogens is 262 g/mol. The predicted molar refractivity (Wildman–Crippen MR) is 60.1 cm³/mol. The fourth-order valence-electron chi connectivity index (χ4n) is 0.967. The van der Waals surface area contributed by atoms with E-state index in [-0.39, 0.29) is 11.4 Å². The number of aromatic hydroxyl groups is 1. The molecule has 4 nitrogen and oxygen atoms in total. The molecule has 0 aromatic heterocycles. The van der Waals surface area contributed by atoms with Crippen LogP contribution in [-0.4, -0.2) is 15.4 Å². The monoisotopic (exact) mass is 269 g/mol. The zero-order valence-corrected chi connectivity index (χ0v) is 9.32. The molecule has 0 saturated heterocycles. The number of halogens is 1. The molecule has 1 N–H and O–H groups in total. The smallest absolute Gasteiger partial charge is 0.310 e. The van der Waals surface area contributed by atoms with E-state index in [9.17, 15) is 15.2 Å². The van der Waals surface area contributed by atoms with Gasteiger partial charge in [-0.2, -0.15) is 0 Å². The molecule has 1 aromatic carbocycles. The minimum atomic E-state index is -0.634. The second-order valence-corrected chi connectivity index (χ2v) is 3.49. The maximum Gasteiger partial charge on any atom is 0.310 e. The first kappa shape index (κ1) is 11.5. The number of nitrogens with zero attached hydrogens (tertiary/aromatic N) is 1. The molecule has 0 saturated carbocycles. The summed E-state index contributed by atoms with van der Waals surface area (Å²) in [5.74, 6) is 5.28. The van der Waals surface area contributed by atoms with E-state index >= 15 is 0 Å². The van der Waals surface area contributed by atoms with Gasteiger partial charge in [0.15, 0.2) is 5.75 Å². The van der Waals surface area contributed by atoms with Crippen molar-refractivity contribution >= 4 is 21.6 Å². The molecular formula is C10H8BrNO3. The standard InChI is InChI=1S/C10H8BrNO3/c11-6-2-1-3-8-4-5-9(12(14)15)10(13)7-8/h4-5,7,13H,2,6H2. The van der Waals surface area contributed by atoms with Crippen LogP contribution in [0.5, 0.6) is 5.75 Å². The summed E-state index contributed by atoms with van der Waals surface area (Å²) in [5, 5.41) is 20.5. The summed E-state index contributed by atoms with van der Waals surface area (Å²) in [7, 11) is 0. The Kier molecular flexibility index (Phi) is 4.13. The highest BCUT2D eigenvalue weighted by molar-refractivity contribution is 9.09. The lowest BCUT2D eigenvalue weighted by Gasteiger charge is -1.95. The lowest BCUT2D eigenvalue weighted by Crippen LogP contribution is -1.88. The van der Waals surface area contributed by atoms with E-state index in [1.807, 2.05) is 0 Å². The Bertz CT molecular complexity index is 434. The van der Waals surface area contributed by atoms with Gasteiger partial charge in [0.1, 0.15) is 0 Å². The van der Waals surface area contributed by atoms with E-state index in [1.54, 1.807) is 0 Å². The highest BCUT2D eigenvalue weighted by atomic mass is 79.9. The van der Waals surface area contributed by atoms with Crippen LogP contribution in [-0.2, 0) is 0 Å². The molecule has 0 amide bonds. The number of alkyl halides is 1. The van der Waals surface area contributed by atoms with E-state index in [0.717, 1.165) is 5.33 Å². The molecule has 1 rings (SSSR count). The molecule has 15 heavy (non-hydrogen) atoms. The number of nitro groups is 1. The molecule has 0 heterocycles. The Balaban J connectivity index is 2.93. The Hall–Kier alpha value is -1.54. The van der Waals surface area contributed by atoms with Crippen molar-refractivity contribution in [1.29, 1.82) is 0 Å². The van der Waals surface area contributed by atoms with Crippen LogP contribution in [0.1, 0.15) is 12.0 Å². The summed E-state index contributed by atoms with van der Waals surface area (Å²) in [4.78, 5) is 9.76. The van der Waals surface area contributed by atoms with Crippen LogP contribution in [0.15, 0.2) is 18.2 Å². The summed E-state index contributed by atoms with van der Waals surface area (Å²) in [6.07, 6.45) is 0.692. The van der Waals surface area contributed by atoms with Crippen LogP contribution in [0.2, 0.25) is 0 Å². The minimum absolute atomic E-state index is 0.305. The van der Waals surface area contributed by atoms with Crippen molar-refractivity contribution in [3.05, 3.63) is 33.9 Å². The summed E-state index contributed by atoms with van der Waals surface area (Å²) in [6, 6.07) is 4.05. The van der Waals surface area contributed by atoms with Gasteiger partial charge >= 0.3 is 5.69 Å². The van der Waals surface area contributed by atoms with Crippen molar-refractivity contribution in [2.45, 2.75) is 6.42 Å². The lowest BCUT2D eigenvalue weighted by atomic mass is 10.2. The average molecular weight is 270 g/mol. The maximum atomic E-state index is 10.4. The molecule has 0 unspecified atom stereocenters. The van der Waals surface area contributed by atoms with Gasteiger partial charge in [-0.05, 0) is 6.07 Å². The Morgan fingerprint density at radius 2 is 2.27 bits per heavy atom. The van der Waals surface area contributed by atoms with Crippen LogP contribution >= 0.6 is 15.9 Å². The van der Waals surface area contributed by atoms with Gasteiger partial charge in [-0.15, -0.1) is 0 Å². The second-order valence-electron chi connectivity index (χ2n) is 2.70. The van der Waals surface area contributed by atoms with Gasteiger partial charge in [0.05, 0.1) is 4.92 Å². The Morgan fingerprint density at radius 1 is 1.53 bits per heavy atom. The first-order valence-corrected chi connectivity index (χ1v) is 5.29. The summed E-state index contributed by atoms with van der Waals surface area (Å²) in [5.41, 5.74) is 0.264. The highest BCUT2D eigenvalue weighted by Gasteiger charge is 2.11. The predicted octanol–water partition coefficient (Wildman–Crippen LogP) is 2.44. The SMILES string of the molecule is O=[N+]([O-])c1ccc(C#CCCBr)cc1O. The zero-order chi connectivity index (χ0) is 11.3. The molecule has 78 valence electrons.